The molecule has 0 aliphatic rings. The molecule has 0 saturated carbocycles. The van der Waals surface area contributed by atoms with Gasteiger partial charge < -0.3 is 20.1 Å². The van der Waals surface area contributed by atoms with Crippen molar-refractivity contribution in [1.29, 1.82) is 0 Å². The molecule has 1 rings (SSSR count). The van der Waals surface area contributed by atoms with E-state index in [-0.39, 0.29) is 12.3 Å². The van der Waals surface area contributed by atoms with E-state index >= 15 is 0 Å². The zero-order valence-corrected chi connectivity index (χ0v) is 10.2. The van der Waals surface area contributed by atoms with E-state index in [2.05, 4.69) is 10.5 Å². The van der Waals surface area contributed by atoms with Gasteiger partial charge in [0.15, 0.2) is 0 Å². The van der Waals surface area contributed by atoms with Crippen LogP contribution in [0.2, 0.25) is 0 Å². The van der Waals surface area contributed by atoms with E-state index in [1.54, 1.807) is 13.8 Å². The molecule has 0 aliphatic carbocycles. The van der Waals surface area contributed by atoms with Gasteiger partial charge in [0.25, 0.3) is 0 Å². The molecule has 96 valence electrons. The SMILES string of the molecule is CC(=O)NCCC(O)C(O)c1c(C)noc1C. The number of aryl methyl sites for hydroxylation is 2. The second-order valence-corrected chi connectivity index (χ2v) is 4.02. The second-order valence-electron chi connectivity index (χ2n) is 4.02. The van der Waals surface area contributed by atoms with Crippen molar-refractivity contribution in [3.63, 3.8) is 0 Å². The third kappa shape index (κ3) is 3.54. The van der Waals surface area contributed by atoms with Gasteiger partial charge in [-0.2, -0.15) is 0 Å². The number of nitrogens with zero attached hydrogens (tertiary/aromatic N) is 1. The summed E-state index contributed by atoms with van der Waals surface area (Å²) < 4.78 is 4.92. The number of nitrogens with one attached hydrogen (secondary N) is 1. The number of hydrogen-bond acceptors (Lipinski definition) is 5. The molecule has 0 aliphatic heterocycles. The molecule has 0 bridgehead atoms. The maximum Gasteiger partial charge on any atom is 0.216 e. The van der Waals surface area contributed by atoms with Crippen LogP contribution in [0.1, 0.15) is 36.5 Å². The van der Waals surface area contributed by atoms with Crippen LogP contribution >= 0.6 is 0 Å². The number of aromatic nitrogens is 1. The van der Waals surface area contributed by atoms with Crippen LogP contribution in [0.15, 0.2) is 4.52 Å². The summed E-state index contributed by atoms with van der Waals surface area (Å²) in [6, 6.07) is 0. The third-order valence-corrected chi connectivity index (χ3v) is 2.56. The average Bonchev–Trinajstić information content (AvgIpc) is 2.57. The van der Waals surface area contributed by atoms with E-state index < -0.39 is 12.2 Å². The largest absolute Gasteiger partial charge is 0.390 e. The number of aliphatic hydroxyl groups is 2. The number of carbonyl (C=O) groups is 1. The smallest absolute Gasteiger partial charge is 0.216 e. The van der Waals surface area contributed by atoms with Crippen LogP contribution in [0.5, 0.6) is 0 Å². The van der Waals surface area contributed by atoms with E-state index in [0.29, 0.717) is 23.6 Å². The van der Waals surface area contributed by atoms with Gasteiger partial charge in [-0.25, -0.2) is 0 Å². The van der Waals surface area contributed by atoms with Crippen LogP contribution in [-0.2, 0) is 4.79 Å². The Balaban J connectivity index is 2.57. The van der Waals surface area contributed by atoms with Crippen LogP contribution in [0.3, 0.4) is 0 Å². The highest BCUT2D eigenvalue weighted by Crippen LogP contribution is 2.25. The molecule has 1 aromatic heterocycles. The van der Waals surface area contributed by atoms with E-state index in [1.807, 2.05) is 0 Å². The Morgan fingerprint density at radius 2 is 2.12 bits per heavy atom. The van der Waals surface area contributed by atoms with Gasteiger partial charge in [-0.3, -0.25) is 4.79 Å². The van der Waals surface area contributed by atoms with Crippen LogP contribution in [-0.4, -0.2) is 33.9 Å². The molecule has 17 heavy (non-hydrogen) atoms. The molecular formula is C11H18N2O4. The second kappa shape index (κ2) is 5.79. The van der Waals surface area contributed by atoms with Crippen molar-refractivity contribution in [2.45, 2.75) is 39.4 Å². The van der Waals surface area contributed by atoms with Crippen molar-refractivity contribution in [1.82, 2.24) is 10.5 Å². The molecule has 2 atom stereocenters. The summed E-state index contributed by atoms with van der Waals surface area (Å²) in [4.78, 5) is 10.7. The molecule has 0 saturated heterocycles. The Bertz CT molecular complexity index is 369. The highest BCUT2D eigenvalue weighted by atomic mass is 16.5. The topological polar surface area (TPSA) is 95.6 Å². The molecule has 3 N–H and O–H groups in total. The number of amides is 1. The zero-order chi connectivity index (χ0) is 13.0. The van der Waals surface area contributed by atoms with E-state index in [0.717, 1.165) is 0 Å². The molecule has 1 aromatic rings. The number of hydrogen-bond donors (Lipinski definition) is 3. The van der Waals surface area contributed by atoms with Gasteiger partial charge in [-0.05, 0) is 20.3 Å². The lowest BCUT2D eigenvalue weighted by molar-refractivity contribution is -0.119. The predicted molar refractivity (Wildman–Crippen MR) is 60.2 cm³/mol. The fraction of sp³-hybridized carbons (Fsp3) is 0.636. The molecule has 1 amide bonds. The van der Waals surface area contributed by atoms with Crippen molar-refractivity contribution in [3.8, 4) is 0 Å². The first kappa shape index (κ1) is 13.7. The number of aliphatic hydroxyl groups excluding tert-OH is 2. The summed E-state index contributed by atoms with van der Waals surface area (Å²) in [5, 5.41) is 26.0. The summed E-state index contributed by atoms with van der Waals surface area (Å²) in [5.74, 6) is 0.331. The maximum atomic E-state index is 10.7. The van der Waals surface area contributed by atoms with Crippen LogP contribution in [0, 0.1) is 13.8 Å². The summed E-state index contributed by atoms with van der Waals surface area (Å²) in [5.41, 5.74) is 1.08. The van der Waals surface area contributed by atoms with Crippen molar-refractivity contribution in [3.05, 3.63) is 17.0 Å². The molecule has 0 aromatic carbocycles. The van der Waals surface area contributed by atoms with Crippen molar-refractivity contribution < 1.29 is 19.5 Å². The van der Waals surface area contributed by atoms with Gasteiger partial charge in [-0.1, -0.05) is 5.16 Å². The van der Waals surface area contributed by atoms with Crippen LogP contribution in [0.4, 0.5) is 0 Å². The monoisotopic (exact) mass is 242 g/mol. The first-order valence-electron chi connectivity index (χ1n) is 5.46. The standard InChI is InChI=1S/C11H18N2O4/c1-6-10(7(2)17-13-6)11(16)9(15)4-5-12-8(3)14/h9,11,15-16H,4-5H2,1-3H3,(H,12,14). The molecule has 2 unspecified atom stereocenters. The first-order chi connectivity index (χ1) is 7.93. The molecule has 6 heteroatoms. The summed E-state index contributed by atoms with van der Waals surface area (Å²) in [7, 11) is 0. The Hall–Kier alpha value is -1.40. The summed E-state index contributed by atoms with van der Waals surface area (Å²) in [6.07, 6.45) is -1.74. The van der Waals surface area contributed by atoms with Crippen molar-refractivity contribution >= 4 is 5.91 Å². The van der Waals surface area contributed by atoms with Gasteiger partial charge in [0.05, 0.1) is 11.8 Å². The third-order valence-electron chi connectivity index (χ3n) is 2.56. The highest BCUT2D eigenvalue weighted by Gasteiger charge is 2.24. The van der Waals surface area contributed by atoms with Crippen LogP contribution in [0.25, 0.3) is 0 Å². The fourth-order valence-corrected chi connectivity index (χ4v) is 1.66. The Labute approximate surface area is 99.6 Å². The van der Waals surface area contributed by atoms with Gasteiger partial charge in [-0.15, -0.1) is 0 Å². The molecule has 0 spiro atoms. The number of rotatable bonds is 5. The normalized spacial score (nSPS) is 14.4. The zero-order valence-electron chi connectivity index (χ0n) is 10.2. The Morgan fingerprint density at radius 3 is 2.59 bits per heavy atom. The molecular weight excluding hydrogens is 224 g/mol. The molecule has 0 fully saturated rings. The van der Waals surface area contributed by atoms with Gasteiger partial charge in [0, 0.05) is 19.0 Å². The van der Waals surface area contributed by atoms with E-state index in [1.165, 1.54) is 6.92 Å². The Kier molecular flexibility index (Phi) is 4.65. The Morgan fingerprint density at radius 1 is 1.47 bits per heavy atom. The fourth-order valence-electron chi connectivity index (χ4n) is 1.66. The lowest BCUT2D eigenvalue weighted by atomic mass is 10.0. The van der Waals surface area contributed by atoms with E-state index in [4.69, 9.17) is 4.52 Å². The minimum absolute atomic E-state index is 0.163. The quantitative estimate of drug-likeness (QED) is 0.686. The molecule has 0 radical (unpaired) electrons. The van der Waals surface area contributed by atoms with Gasteiger partial charge in [0.2, 0.25) is 5.91 Å². The lowest BCUT2D eigenvalue weighted by Gasteiger charge is -2.17. The minimum atomic E-state index is -1.05. The average molecular weight is 242 g/mol. The van der Waals surface area contributed by atoms with Crippen molar-refractivity contribution in [2.75, 3.05) is 6.54 Å². The van der Waals surface area contributed by atoms with E-state index in [9.17, 15) is 15.0 Å². The first-order valence-corrected chi connectivity index (χ1v) is 5.46. The maximum absolute atomic E-state index is 10.7. The van der Waals surface area contributed by atoms with Gasteiger partial charge >= 0.3 is 0 Å². The van der Waals surface area contributed by atoms with Crippen LogP contribution < -0.4 is 5.32 Å². The summed E-state index contributed by atoms with van der Waals surface area (Å²) >= 11 is 0. The van der Waals surface area contributed by atoms with Gasteiger partial charge in [0.1, 0.15) is 11.9 Å². The minimum Gasteiger partial charge on any atom is -0.390 e. The van der Waals surface area contributed by atoms with Crippen molar-refractivity contribution in [2.24, 2.45) is 0 Å². The highest BCUT2D eigenvalue weighted by molar-refractivity contribution is 5.72. The lowest BCUT2D eigenvalue weighted by Crippen LogP contribution is -2.28. The predicted octanol–water partition coefficient (Wildman–Crippen LogP) is 0.212. The summed E-state index contributed by atoms with van der Waals surface area (Å²) in [6.45, 7) is 5.10. The number of carbonyl (C=O) groups excluding carboxylic acids is 1. The molecule has 6 nitrogen and oxygen atoms in total. The molecule has 1 heterocycles.